The molecule has 1 fully saturated rings. The Bertz CT molecular complexity index is 451. The fraction of sp³-hybridized carbons (Fsp3) is 0.462. The minimum Gasteiger partial charge on any atom is -0.480 e. The molecule has 1 atom stereocenters. The summed E-state index contributed by atoms with van der Waals surface area (Å²) >= 11 is 12.0. The number of nitrogens with zero attached hydrogens (tertiary/aromatic N) is 1. The SMILES string of the molecule is O=C(O)[C@@H]1CCCCN1Cc1cc(Cl)ccc1Cl. The molecule has 18 heavy (non-hydrogen) atoms. The van der Waals surface area contributed by atoms with Gasteiger partial charge in [-0.05, 0) is 43.1 Å². The molecule has 0 aromatic heterocycles. The standard InChI is InChI=1S/C13H15Cl2NO2/c14-10-4-5-11(15)9(7-10)8-16-6-2-1-3-12(16)13(17)18/h4-5,7,12H,1-3,6,8H2,(H,17,18)/t12-/m0/s1. The number of carboxylic acid groups (broad SMARTS) is 1. The first-order valence-electron chi connectivity index (χ1n) is 5.98. The number of hydrogen-bond acceptors (Lipinski definition) is 2. The van der Waals surface area contributed by atoms with Crippen LogP contribution in [-0.4, -0.2) is 28.6 Å². The van der Waals surface area contributed by atoms with E-state index in [2.05, 4.69) is 0 Å². The summed E-state index contributed by atoms with van der Waals surface area (Å²) in [6.45, 7) is 1.33. The van der Waals surface area contributed by atoms with Gasteiger partial charge in [0.25, 0.3) is 0 Å². The Morgan fingerprint density at radius 3 is 2.89 bits per heavy atom. The third-order valence-corrected chi connectivity index (χ3v) is 3.88. The van der Waals surface area contributed by atoms with Gasteiger partial charge in [-0.2, -0.15) is 0 Å². The van der Waals surface area contributed by atoms with Gasteiger partial charge in [-0.3, -0.25) is 9.69 Å². The van der Waals surface area contributed by atoms with E-state index in [4.69, 9.17) is 23.2 Å². The van der Waals surface area contributed by atoms with Crippen molar-refractivity contribution in [1.82, 2.24) is 4.90 Å². The van der Waals surface area contributed by atoms with E-state index in [9.17, 15) is 9.90 Å². The van der Waals surface area contributed by atoms with Crippen LogP contribution in [0.5, 0.6) is 0 Å². The smallest absolute Gasteiger partial charge is 0.320 e. The highest BCUT2D eigenvalue weighted by Crippen LogP contribution is 2.25. The van der Waals surface area contributed by atoms with Crippen molar-refractivity contribution in [3.8, 4) is 0 Å². The number of hydrogen-bond donors (Lipinski definition) is 1. The van der Waals surface area contributed by atoms with E-state index in [1.54, 1.807) is 18.2 Å². The molecule has 0 bridgehead atoms. The molecular formula is C13H15Cl2NO2. The Hall–Kier alpha value is -0.770. The number of piperidine rings is 1. The van der Waals surface area contributed by atoms with Gasteiger partial charge in [-0.1, -0.05) is 29.6 Å². The molecule has 1 aromatic carbocycles. The Kier molecular flexibility index (Phi) is 4.49. The second-order valence-electron chi connectivity index (χ2n) is 4.56. The molecule has 1 aliphatic heterocycles. The van der Waals surface area contributed by atoms with Crippen LogP contribution in [0.25, 0.3) is 0 Å². The zero-order valence-electron chi connectivity index (χ0n) is 9.90. The first kappa shape index (κ1) is 13.7. The quantitative estimate of drug-likeness (QED) is 0.926. The topological polar surface area (TPSA) is 40.5 Å². The number of likely N-dealkylation sites (tertiary alicyclic amines) is 1. The molecule has 0 radical (unpaired) electrons. The summed E-state index contributed by atoms with van der Waals surface area (Å²) in [7, 11) is 0. The maximum atomic E-state index is 11.2. The number of aliphatic carboxylic acids is 1. The molecule has 0 saturated carbocycles. The van der Waals surface area contributed by atoms with Gasteiger partial charge < -0.3 is 5.11 Å². The molecule has 1 saturated heterocycles. The molecule has 98 valence electrons. The third-order valence-electron chi connectivity index (χ3n) is 3.28. The molecule has 3 nitrogen and oxygen atoms in total. The van der Waals surface area contributed by atoms with Crippen LogP contribution in [-0.2, 0) is 11.3 Å². The second-order valence-corrected chi connectivity index (χ2v) is 5.40. The number of carboxylic acids is 1. The van der Waals surface area contributed by atoms with Crippen molar-refractivity contribution in [3.63, 3.8) is 0 Å². The van der Waals surface area contributed by atoms with Crippen LogP contribution >= 0.6 is 23.2 Å². The summed E-state index contributed by atoms with van der Waals surface area (Å²) < 4.78 is 0. The Morgan fingerprint density at radius 2 is 2.17 bits per heavy atom. The predicted octanol–water partition coefficient (Wildman–Crippen LogP) is 3.43. The van der Waals surface area contributed by atoms with E-state index >= 15 is 0 Å². The van der Waals surface area contributed by atoms with Crippen molar-refractivity contribution in [3.05, 3.63) is 33.8 Å². The van der Waals surface area contributed by atoms with Gasteiger partial charge in [0.05, 0.1) is 0 Å². The lowest BCUT2D eigenvalue weighted by molar-refractivity contribution is -0.144. The zero-order chi connectivity index (χ0) is 13.1. The Balaban J connectivity index is 2.15. The monoisotopic (exact) mass is 287 g/mol. The maximum absolute atomic E-state index is 11.2. The minimum absolute atomic E-state index is 0.409. The molecule has 5 heteroatoms. The second kappa shape index (κ2) is 5.91. The van der Waals surface area contributed by atoms with Crippen LogP contribution in [0.1, 0.15) is 24.8 Å². The van der Waals surface area contributed by atoms with Crippen LogP contribution in [0.3, 0.4) is 0 Å². The number of carbonyl (C=O) groups is 1. The van der Waals surface area contributed by atoms with E-state index in [-0.39, 0.29) is 0 Å². The molecule has 1 heterocycles. The molecule has 2 rings (SSSR count). The van der Waals surface area contributed by atoms with Gasteiger partial charge >= 0.3 is 5.97 Å². The fourth-order valence-electron chi connectivity index (χ4n) is 2.34. The van der Waals surface area contributed by atoms with E-state index in [1.807, 2.05) is 4.90 Å². The lowest BCUT2D eigenvalue weighted by Crippen LogP contribution is -2.44. The lowest BCUT2D eigenvalue weighted by Gasteiger charge is -2.33. The Labute approximate surface area is 116 Å². The number of benzene rings is 1. The predicted molar refractivity (Wildman–Crippen MR) is 72.1 cm³/mol. The highest BCUT2D eigenvalue weighted by atomic mass is 35.5. The maximum Gasteiger partial charge on any atom is 0.320 e. The van der Waals surface area contributed by atoms with Gasteiger partial charge in [-0.15, -0.1) is 0 Å². The van der Waals surface area contributed by atoms with Gasteiger partial charge in [0.15, 0.2) is 0 Å². The average Bonchev–Trinajstić information content (AvgIpc) is 2.34. The van der Waals surface area contributed by atoms with Crippen LogP contribution in [0.4, 0.5) is 0 Å². The molecule has 0 spiro atoms. The van der Waals surface area contributed by atoms with Crippen LogP contribution in [0.15, 0.2) is 18.2 Å². The molecule has 0 amide bonds. The van der Waals surface area contributed by atoms with Crippen molar-refractivity contribution in [2.75, 3.05) is 6.54 Å². The van der Waals surface area contributed by atoms with Gasteiger partial charge in [0, 0.05) is 16.6 Å². The molecule has 1 aliphatic rings. The molecular weight excluding hydrogens is 273 g/mol. The van der Waals surface area contributed by atoms with Gasteiger partial charge in [0.1, 0.15) is 6.04 Å². The fourth-order valence-corrected chi connectivity index (χ4v) is 2.72. The molecule has 0 unspecified atom stereocenters. The summed E-state index contributed by atoms with van der Waals surface area (Å²) in [5.74, 6) is -0.757. The van der Waals surface area contributed by atoms with Crippen LogP contribution < -0.4 is 0 Å². The first-order valence-corrected chi connectivity index (χ1v) is 6.74. The summed E-state index contributed by atoms with van der Waals surface area (Å²) in [6, 6.07) is 4.88. The highest BCUT2D eigenvalue weighted by Gasteiger charge is 2.28. The van der Waals surface area contributed by atoms with E-state index in [0.717, 1.165) is 24.9 Å². The number of rotatable bonds is 3. The molecule has 0 aliphatic carbocycles. The van der Waals surface area contributed by atoms with Crippen LogP contribution in [0.2, 0.25) is 10.0 Å². The lowest BCUT2D eigenvalue weighted by atomic mass is 10.0. The molecule has 1 aromatic rings. The summed E-state index contributed by atoms with van der Waals surface area (Å²) in [4.78, 5) is 13.2. The zero-order valence-corrected chi connectivity index (χ0v) is 11.4. The van der Waals surface area contributed by atoms with Crippen molar-refractivity contribution in [2.24, 2.45) is 0 Å². The average molecular weight is 288 g/mol. The van der Waals surface area contributed by atoms with Crippen molar-refractivity contribution in [2.45, 2.75) is 31.8 Å². The first-order chi connectivity index (χ1) is 8.58. The molecule has 1 N–H and O–H groups in total. The highest BCUT2D eigenvalue weighted by molar-refractivity contribution is 6.33. The third kappa shape index (κ3) is 3.16. The van der Waals surface area contributed by atoms with E-state index in [1.165, 1.54) is 0 Å². The Morgan fingerprint density at radius 1 is 1.39 bits per heavy atom. The summed E-state index contributed by atoms with van der Waals surface area (Å²) in [5, 5.41) is 10.5. The summed E-state index contributed by atoms with van der Waals surface area (Å²) in [5.41, 5.74) is 0.886. The minimum atomic E-state index is -0.757. The normalized spacial score (nSPS) is 20.9. The summed E-state index contributed by atoms with van der Waals surface area (Å²) in [6.07, 6.45) is 2.70. The van der Waals surface area contributed by atoms with Gasteiger partial charge in [-0.25, -0.2) is 0 Å². The van der Waals surface area contributed by atoms with E-state index < -0.39 is 12.0 Å². The van der Waals surface area contributed by atoms with Gasteiger partial charge in [0.2, 0.25) is 0 Å². The van der Waals surface area contributed by atoms with Crippen molar-refractivity contribution in [1.29, 1.82) is 0 Å². The van der Waals surface area contributed by atoms with Crippen molar-refractivity contribution >= 4 is 29.2 Å². The van der Waals surface area contributed by atoms with E-state index in [0.29, 0.717) is 23.0 Å². The largest absolute Gasteiger partial charge is 0.480 e. The van der Waals surface area contributed by atoms with Crippen molar-refractivity contribution < 1.29 is 9.90 Å². The number of halogens is 2. The van der Waals surface area contributed by atoms with Crippen LogP contribution in [0, 0.1) is 0 Å².